The highest BCUT2D eigenvalue weighted by molar-refractivity contribution is 9.10. The maximum absolute atomic E-state index is 13.3. The number of amides is 2. The summed E-state index contributed by atoms with van der Waals surface area (Å²) in [4.78, 5) is 30.5. The fourth-order valence-electron chi connectivity index (χ4n) is 3.13. The van der Waals surface area contributed by atoms with Crippen LogP contribution in [0.5, 0.6) is 0 Å². The molecule has 0 spiro atoms. The summed E-state index contributed by atoms with van der Waals surface area (Å²) in [5.74, 6) is -0.698. The Hall–Kier alpha value is -2.90. The molecule has 5 nitrogen and oxygen atoms in total. The number of carbonyl (C=O) groups is 2. The summed E-state index contributed by atoms with van der Waals surface area (Å²) in [6, 6.07) is 18.6. The van der Waals surface area contributed by atoms with E-state index in [1.807, 2.05) is 66.8 Å². The minimum absolute atomic E-state index is 0.287. The molecule has 2 aromatic carbocycles. The molecule has 0 saturated carbocycles. The van der Waals surface area contributed by atoms with Gasteiger partial charge in [-0.2, -0.15) is 0 Å². The third-order valence-corrected chi connectivity index (χ3v) is 5.95. The molecular weight excluding hydrogens is 450 g/mol. The van der Waals surface area contributed by atoms with Crippen LogP contribution in [0.1, 0.15) is 4.88 Å². The second kappa shape index (κ2) is 7.85. The van der Waals surface area contributed by atoms with Gasteiger partial charge in [0.05, 0.1) is 11.3 Å². The Labute approximate surface area is 181 Å². The van der Waals surface area contributed by atoms with E-state index in [-0.39, 0.29) is 17.5 Å². The summed E-state index contributed by atoms with van der Waals surface area (Å²) in [6.07, 6.45) is 0. The average molecular weight is 468 g/mol. The predicted molar refractivity (Wildman–Crippen MR) is 122 cm³/mol. The molecule has 0 aliphatic carbocycles. The van der Waals surface area contributed by atoms with Crippen LogP contribution in [0.3, 0.4) is 0 Å². The van der Waals surface area contributed by atoms with E-state index < -0.39 is 0 Å². The molecule has 0 unspecified atom stereocenters. The molecule has 1 aromatic heterocycles. The van der Waals surface area contributed by atoms with Gasteiger partial charge in [-0.15, -0.1) is 11.3 Å². The van der Waals surface area contributed by atoms with Crippen molar-refractivity contribution in [3.05, 3.63) is 81.1 Å². The lowest BCUT2D eigenvalue weighted by molar-refractivity contribution is -0.120. The first-order valence-electron chi connectivity index (χ1n) is 8.92. The van der Waals surface area contributed by atoms with Crippen molar-refractivity contribution in [3.8, 4) is 0 Å². The quantitative estimate of drug-likeness (QED) is 0.538. The van der Waals surface area contributed by atoms with Crippen molar-refractivity contribution in [2.75, 3.05) is 29.2 Å². The third kappa shape index (κ3) is 3.71. The van der Waals surface area contributed by atoms with Gasteiger partial charge in [-0.05, 0) is 53.9 Å². The van der Waals surface area contributed by atoms with E-state index in [1.165, 1.54) is 16.2 Å². The van der Waals surface area contributed by atoms with Crippen molar-refractivity contribution in [2.24, 2.45) is 0 Å². The van der Waals surface area contributed by atoms with Gasteiger partial charge >= 0.3 is 0 Å². The van der Waals surface area contributed by atoms with Gasteiger partial charge in [-0.1, -0.05) is 28.1 Å². The molecule has 0 bridgehead atoms. The lowest BCUT2D eigenvalue weighted by Gasteiger charge is -2.16. The lowest BCUT2D eigenvalue weighted by atomic mass is 10.1. The highest BCUT2D eigenvalue weighted by Crippen LogP contribution is 2.36. The van der Waals surface area contributed by atoms with Crippen molar-refractivity contribution < 1.29 is 9.59 Å². The molecule has 2 heterocycles. The largest absolute Gasteiger partial charge is 0.378 e. The Bertz CT molecular complexity index is 1110. The van der Waals surface area contributed by atoms with Crippen LogP contribution in [0.2, 0.25) is 0 Å². The molecular formula is C22H18BrN3O2S. The van der Waals surface area contributed by atoms with E-state index in [2.05, 4.69) is 21.2 Å². The predicted octanol–water partition coefficient (Wildman–Crippen LogP) is 4.97. The number of hydrogen-bond acceptors (Lipinski definition) is 5. The number of anilines is 3. The smallest absolute Gasteiger partial charge is 0.282 e. The van der Waals surface area contributed by atoms with Gasteiger partial charge in [0.2, 0.25) is 0 Å². The fraction of sp³-hybridized carbons (Fsp3) is 0.0909. The molecule has 4 rings (SSSR count). The molecule has 0 atom stereocenters. The van der Waals surface area contributed by atoms with Gasteiger partial charge in [-0.25, -0.2) is 4.90 Å². The van der Waals surface area contributed by atoms with E-state index >= 15 is 0 Å². The molecule has 0 fully saturated rings. The Balaban J connectivity index is 1.75. The summed E-state index contributed by atoms with van der Waals surface area (Å²) >= 11 is 4.84. The molecule has 1 aliphatic heterocycles. The second-order valence-electron chi connectivity index (χ2n) is 6.72. The lowest BCUT2D eigenvalue weighted by Crippen LogP contribution is -2.32. The highest BCUT2D eigenvalue weighted by atomic mass is 79.9. The zero-order chi connectivity index (χ0) is 20.5. The maximum Gasteiger partial charge on any atom is 0.282 e. The number of rotatable bonds is 5. The van der Waals surface area contributed by atoms with Gasteiger partial charge in [0.25, 0.3) is 11.8 Å². The number of benzene rings is 2. The van der Waals surface area contributed by atoms with Crippen LogP contribution in [0.4, 0.5) is 17.1 Å². The molecule has 1 aliphatic rings. The van der Waals surface area contributed by atoms with Crippen LogP contribution in [-0.4, -0.2) is 25.9 Å². The first kappa shape index (κ1) is 19.4. The molecule has 1 N–H and O–H groups in total. The summed E-state index contributed by atoms with van der Waals surface area (Å²) < 4.78 is 0.800. The second-order valence-corrected chi connectivity index (χ2v) is 8.58. The monoisotopic (exact) mass is 467 g/mol. The number of carbonyl (C=O) groups excluding carboxylic acids is 2. The average Bonchev–Trinajstić information content (AvgIpc) is 3.29. The Morgan fingerprint density at radius 1 is 0.966 bits per heavy atom. The number of nitrogens with zero attached hydrogens (tertiary/aromatic N) is 2. The fourth-order valence-corrected chi connectivity index (χ4v) is 4.29. The van der Waals surface area contributed by atoms with E-state index in [0.29, 0.717) is 11.3 Å². The van der Waals surface area contributed by atoms with Crippen LogP contribution in [0, 0.1) is 0 Å². The number of halogens is 1. The first-order valence-corrected chi connectivity index (χ1v) is 10.6. The molecule has 0 radical (unpaired) electrons. The van der Waals surface area contributed by atoms with E-state index in [4.69, 9.17) is 0 Å². The van der Waals surface area contributed by atoms with Gasteiger partial charge in [-0.3, -0.25) is 9.59 Å². The van der Waals surface area contributed by atoms with Crippen molar-refractivity contribution in [2.45, 2.75) is 0 Å². The summed E-state index contributed by atoms with van der Waals surface area (Å²) in [6.45, 7) is 0. The van der Waals surface area contributed by atoms with Crippen molar-refractivity contribution in [1.82, 2.24) is 0 Å². The standard InChI is InChI=1S/C22H18BrN3O2S/c1-25(2)16-10-8-15(9-11-16)24-20-19(18-7-4-12-29-18)21(27)26(22(20)28)17-6-3-5-14(23)13-17/h3-13,24H,1-2H3. The van der Waals surface area contributed by atoms with Crippen molar-refractivity contribution >= 4 is 61.7 Å². The van der Waals surface area contributed by atoms with Crippen molar-refractivity contribution in [1.29, 1.82) is 0 Å². The number of imide groups is 1. The molecule has 29 heavy (non-hydrogen) atoms. The maximum atomic E-state index is 13.3. The van der Waals surface area contributed by atoms with E-state index in [9.17, 15) is 9.59 Å². The van der Waals surface area contributed by atoms with E-state index in [1.54, 1.807) is 18.2 Å². The minimum Gasteiger partial charge on any atom is -0.378 e. The summed E-state index contributed by atoms with van der Waals surface area (Å²) in [5.41, 5.74) is 3.00. The topological polar surface area (TPSA) is 52.7 Å². The SMILES string of the molecule is CN(C)c1ccc(NC2=C(c3cccs3)C(=O)N(c3cccc(Br)c3)C2=O)cc1. The molecule has 7 heteroatoms. The molecule has 0 saturated heterocycles. The normalized spacial score (nSPS) is 14.0. The minimum atomic E-state index is -0.367. The molecule has 3 aromatic rings. The number of nitrogens with one attached hydrogen (secondary N) is 1. The van der Waals surface area contributed by atoms with Crippen LogP contribution >= 0.6 is 27.3 Å². The Kier molecular flexibility index (Phi) is 5.25. The third-order valence-electron chi connectivity index (χ3n) is 4.57. The van der Waals surface area contributed by atoms with Crippen LogP contribution < -0.4 is 15.1 Å². The van der Waals surface area contributed by atoms with Gasteiger partial charge in [0, 0.05) is 34.8 Å². The van der Waals surface area contributed by atoms with Crippen LogP contribution in [0.25, 0.3) is 5.57 Å². The number of thiophene rings is 1. The summed E-state index contributed by atoms with van der Waals surface area (Å²) in [5, 5.41) is 5.08. The first-order chi connectivity index (χ1) is 14.0. The van der Waals surface area contributed by atoms with E-state index in [0.717, 1.165) is 20.7 Å². The van der Waals surface area contributed by atoms with Gasteiger partial charge in [0.15, 0.2) is 0 Å². The Morgan fingerprint density at radius 2 is 1.72 bits per heavy atom. The number of hydrogen-bond donors (Lipinski definition) is 1. The van der Waals surface area contributed by atoms with Gasteiger partial charge < -0.3 is 10.2 Å². The Morgan fingerprint density at radius 3 is 2.34 bits per heavy atom. The van der Waals surface area contributed by atoms with Crippen LogP contribution in [0.15, 0.2) is 76.2 Å². The molecule has 146 valence electrons. The highest BCUT2D eigenvalue weighted by Gasteiger charge is 2.40. The molecule has 2 amide bonds. The summed E-state index contributed by atoms with van der Waals surface area (Å²) in [7, 11) is 3.93. The van der Waals surface area contributed by atoms with Gasteiger partial charge in [0.1, 0.15) is 5.70 Å². The zero-order valence-electron chi connectivity index (χ0n) is 15.8. The zero-order valence-corrected chi connectivity index (χ0v) is 18.3. The van der Waals surface area contributed by atoms with Crippen molar-refractivity contribution in [3.63, 3.8) is 0 Å². The van der Waals surface area contributed by atoms with Crippen LogP contribution in [-0.2, 0) is 9.59 Å².